The number of amides is 1. The molecule has 1 fully saturated rings. The summed E-state index contributed by atoms with van der Waals surface area (Å²) in [5, 5.41) is 4.90. The number of nitrogens with one attached hydrogen (secondary N) is 1. The van der Waals surface area contributed by atoms with Gasteiger partial charge in [-0.3, -0.25) is 4.79 Å². The second-order valence-electron chi connectivity index (χ2n) is 6.65. The van der Waals surface area contributed by atoms with E-state index in [-0.39, 0.29) is 10.8 Å². The first-order chi connectivity index (χ1) is 12.4. The summed E-state index contributed by atoms with van der Waals surface area (Å²) >= 11 is 1.60. The molecule has 0 aliphatic carbocycles. The summed E-state index contributed by atoms with van der Waals surface area (Å²) in [6.07, 6.45) is 2.84. The molecule has 0 spiro atoms. The predicted octanol–water partition coefficient (Wildman–Crippen LogP) is 3.47. The summed E-state index contributed by atoms with van der Waals surface area (Å²) in [5.41, 5.74) is 2.33. The van der Waals surface area contributed by atoms with Gasteiger partial charge in [0, 0.05) is 23.5 Å². The Labute approximate surface area is 159 Å². The third-order valence-electron chi connectivity index (χ3n) is 4.78. The fraction of sp³-hybridized carbons (Fsp3) is 0.421. The van der Waals surface area contributed by atoms with Crippen LogP contribution in [0.15, 0.2) is 34.5 Å². The van der Waals surface area contributed by atoms with Crippen LogP contribution in [0.2, 0.25) is 0 Å². The van der Waals surface area contributed by atoms with Crippen LogP contribution in [0.5, 0.6) is 0 Å². The van der Waals surface area contributed by atoms with Crippen LogP contribution in [0.1, 0.15) is 45.6 Å². The third-order valence-corrected chi connectivity index (χ3v) is 7.70. The Hall–Kier alpha value is -1.70. The fourth-order valence-electron chi connectivity index (χ4n) is 3.10. The molecule has 0 bridgehead atoms. The summed E-state index contributed by atoms with van der Waals surface area (Å²) in [4.78, 5) is 13.9. The maximum Gasteiger partial charge on any atom is 0.251 e. The Morgan fingerprint density at radius 2 is 1.85 bits per heavy atom. The highest BCUT2D eigenvalue weighted by Gasteiger charge is 2.27. The monoisotopic (exact) mass is 392 g/mol. The number of carbonyl (C=O) groups is 1. The van der Waals surface area contributed by atoms with Crippen LogP contribution in [0, 0.1) is 13.8 Å². The normalized spacial score (nSPS) is 15.8. The van der Waals surface area contributed by atoms with Crippen molar-refractivity contribution in [2.75, 3.05) is 13.1 Å². The van der Waals surface area contributed by atoms with Crippen LogP contribution in [-0.2, 0) is 16.6 Å². The average Bonchev–Trinajstić information content (AvgIpc) is 3.05. The molecule has 2 heterocycles. The highest BCUT2D eigenvalue weighted by atomic mass is 32.2. The lowest BCUT2D eigenvalue weighted by Gasteiger charge is -2.26. The van der Waals surface area contributed by atoms with Crippen molar-refractivity contribution in [1.29, 1.82) is 0 Å². The molecule has 0 saturated carbocycles. The molecule has 0 radical (unpaired) electrons. The number of hydrogen-bond acceptors (Lipinski definition) is 4. The topological polar surface area (TPSA) is 66.5 Å². The first kappa shape index (κ1) is 19.1. The number of nitrogens with zero attached hydrogens (tertiary/aromatic N) is 1. The Balaban J connectivity index is 1.80. The lowest BCUT2D eigenvalue weighted by molar-refractivity contribution is 0.0950. The molecule has 3 rings (SSSR count). The van der Waals surface area contributed by atoms with Gasteiger partial charge in [-0.15, -0.1) is 11.3 Å². The molecule has 1 N–H and O–H groups in total. The van der Waals surface area contributed by atoms with E-state index in [1.807, 2.05) is 25.3 Å². The zero-order valence-electron chi connectivity index (χ0n) is 15.1. The molecule has 0 atom stereocenters. The van der Waals surface area contributed by atoms with Gasteiger partial charge in [0.15, 0.2) is 0 Å². The molecule has 1 saturated heterocycles. The Morgan fingerprint density at radius 3 is 2.50 bits per heavy atom. The van der Waals surface area contributed by atoms with Crippen molar-refractivity contribution in [3.05, 3.63) is 51.2 Å². The highest BCUT2D eigenvalue weighted by molar-refractivity contribution is 7.89. The second kappa shape index (κ2) is 7.90. The number of sulfonamides is 1. The fourth-order valence-corrected chi connectivity index (χ4v) is 5.49. The van der Waals surface area contributed by atoms with Crippen LogP contribution in [-0.4, -0.2) is 31.7 Å². The number of carbonyl (C=O) groups excluding carboxylic acids is 1. The van der Waals surface area contributed by atoms with Crippen molar-refractivity contribution in [3.8, 4) is 0 Å². The highest BCUT2D eigenvalue weighted by Crippen LogP contribution is 2.23. The van der Waals surface area contributed by atoms with Crippen LogP contribution in [0.3, 0.4) is 0 Å². The first-order valence-corrected chi connectivity index (χ1v) is 11.1. The van der Waals surface area contributed by atoms with E-state index in [2.05, 4.69) is 5.32 Å². The molecule has 140 valence electrons. The lowest BCUT2D eigenvalue weighted by Crippen LogP contribution is -2.35. The summed E-state index contributed by atoms with van der Waals surface area (Å²) in [6.45, 7) is 5.38. The zero-order chi connectivity index (χ0) is 18.7. The van der Waals surface area contributed by atoms with E-state index in [4.69, 9.17) is 0 Å². The number of thiophene rings is 1. The smallest absolute Gasteiger partial charge is 0.251 e. The van der Waals surface area contributed by atoms with E-state index in [0.717, 1.165) is 35.3 Å². The molecular weight excluding hydrogens is 368 g/mol. The molecule has 26 heavy (non-hydrogen) atoms. The lowest BCUT2D eigenvalue weighted by atomic mass is 10.1. The van der Waals surface area contributed by atoms with E-state index in [1.54, 1.807) is 23.5 Å². The summed E-state index contributed by atoms with van der Waals surface area (Å²) in [5.74, 6) is -0.244. The maximum absolute atomic E-state index is 12.9. The molecule has 5 nitrogen and oxygen atoms in total. The van der Waals surface area contributed by atoms with Crippen LogP contribution in [0.25, 0.3) is 0 Å². The SMILES string of the molecule is Cc1ccc(S(=O)(=O)N2CCCCC2)cc1C(=O)NCc1sccc1C. The summed E-state index contributed by atoms with van der Waals surface area (Å²) < 4.78 is 27.2. The van der Waals surface area contributed by atoms with Crippen molar-refractivity contribution in [3.63, 3.8) is 0 Å². The molecule has 7 heteroatoms. The molecular formula is C19H24N2O3S2. The minimum atomic E-state index is -3.54. The molecule has 1 aliphatic rings. The van der Waals surface area contributed by atoms with E-state index in [1.165, 1.54) is 10.4 Å². The molecule has 2 aromatic rings. The van der Waals surface area contributed by atoms with Gasteiger partial charge in [-0.1, -0.05) is 12.5 Å². The molecule has 0 unspecified atom stereocenters. The third kappa shape index (κ3) is 4.00. The second-order valence-corrected chi connectivity index (χ2v) is 9.59. The van der Waals surface area contributed by atoms with Gasteiger partial charge in [-0.2, -0.15) is 4.31 Å². The van der Waals surface area contributed by atoms with Gasteiger partial charge in [0.25, 0.3) is 5.91 Å². The Morgan fingerprint density at radius 1 is 1.12 bits per heavy atom. The van der Waals surface area contributed by atoms with Gasteiger partial charge in [0.1, 0.15) is 0 Å². The Bertz CT molecular complexity index is 897. The standard InChI is InChI=1S/C19H24N2O3S2/c1-14-6-7-16(26(23,24)21-9-4-3-5-10-21)12-17(14)19(22)20-13-18-15(2)8-11-25-18/h6-8,11-12H,3-5,9-10,13H2,1-2H3,(H,20,22). The van der Waals surface area contributed by atoms with Crippen LogP contribution >= 0.6 is 11.3 Å². The predicted molar refractivity (Wildman–Crippen MR) is 104 cm³/mol. The van der Waals surface area contributed by atoms with Crippen molar-refractivity contribution in [1.82, 2.24) is 9.62 Å². The van der Waals surface area contributed by atoms with E-state index in [9.17, 15) is 13.2 Å². The molecule has 1 aromatic carbocycles. The first-order valence-electron chi connectivity index (χ1n) is 8.81. The Kier molecular flexibility index (Phi) is 5.79. The van der Waals surface area contributed by atoms with Crippen molar-refractivity contribution >= 4 is 27.3 Å². The number of benzene rings is 1. The zero-order valence-corrected chi connectivity index (χ0v) is 16.8. The van der Waals surface area contributed by atoms with Gasteiger partial charge in [0.05, 0.1) is 11.4 Å². The van der Waals surface area contributed by atoms with Crippen molar-refractivity contribution in [2.24, 2.45) is 0 Å². The van der Waals surface area contributed by atoms with E-state index >= 15 is 0 Å². The van der Waals surface area contributed by atoms with Gasteiger partial charge in [-0.25, -0.2) is 8.42 Å². The van der Waals surface area contributed by atoms with Gasteiger partial charge in [-0.05, 0) is 61.4 Å². The number of piperidine rings is 1. The van der Waals surface area contributed by atoms with Gasteiger partial charge >= 0.3 is 0 Å². The summed E-state index contributed by atoms with van der Waals surface area (Å²) in [6, 6.07) is 6.83. The van der Waals surface area contributed by atoms with Crippen molar-refractivity contribution < 1.29 is 13.2 Å². The number of aryl methyl sites for hydroxylation is 2. The van der Waals surface area contributed by atoms with Crippen LogP contribution in [0.4, 0.5) is 0 Å². The largest absolute Gasteiger partial charge is 0.347 e. The van der Waals surface area contributed by atoms with E-state index < -0.39 is 10.0 Å². The van der Waals surface area contributed by atoms with Gasteiger partial charge in [0.2, 0.25) is 10.0 Å². The maximum atomic E-state index is 12.9. The minimum absolute atomic E-state index is 0.197. The molecule has 1 aromatic heterocycles. The average molecular weight is 393 g/mol. The van der Waals surface area contributed by atoms with E-state index in [0.29, 0.717) is 25.2 Å². The molecule has 1 amide bonds. The quantitative estimate of drug-likeness (QED) is 0.847. The van der Waals surface area contributed by atoms with Crippen molar-refractivity contribution in [2.45, 2.75) is 44.6 Å². The molecule has 1 aliphatic heterocycles. The minimum Gasteiger partial charge on any atom is -0.347 e. The van der Waals surface area contributed by atoms with Gasteiger partial charge < -0.3 is 5.32 Å². The number of rotatable bonds is 5. The number of hydrogen-bond donors (Lipinski definition) is 1. The van der Waals surface area contributed by atoms with Crippen LogP contribution < -0.4 is 5.32 Å². The summed E-state index contributed by atoms with van der Waals surface area (Å²) in [7, 11) is -3.54.